The second kappa shape index (κ2) is 9.51. The lowest BCUT2D eigenvalue weighted by molar-refractivity contribution is -0.123. The Hall–Kier alpha value is -2.57. The number of nitrogens with zero attached hydrogens (tertiary/aromatic N) is 3. The number of rotatable bonds is 5. The van der Waals surface area contributed by atoms with Gasteiger partial charge >= 0.3 is 0 Å². The molecule has 0 N–H and O–H groups in total. The van der Waals surface area contributed by atoms with Crippen molar-refractivity contribution in [3.05, 3.63) is 64.6 Å². The van der Waals surface area contributed by atoms with Crippen LogP contribution in [0.2, 0.25) is 0 Å². The van der Waals surface area contributed by atoms with E-state index in [1.54, 1.807) is 4.90 Å². The van der Waals surface area contributed by atoms with E-state index in [4.69, 9.17) is 9.73 Å². The minimum Gasteiger partial charge on any atom is -0.376 e. The van der Waals surface area contributed by atoms with E-state index in [2.05, 4.69) is 30.0 Å². The van der Waals surface area contributed by atoms with Crippen molar-refractivity contribution < 1.29 is 9.53 Å². The lowest BCUT2D eigenvalue weighted by Gasteiger charge is -2.19. The standard InChI is InChI=1S/C26H29N3O2S/c1-19-16-22(28-13-5-6-14-28)12-11-20(19)17-24-25(30)29(18-23-10-7-15-31-23)26(32-24)27-21-8-3-2-4-9-21/h2-4,8-9,11-12,16-17,23H,5-7,10,13-15,18H2,1H3/b24-17-,27-26?/t23-/m0/s1. The number of benzene rings is 2. The molecule has 1 atom stereocenters. The number of aliphatic imine (C=N–C) groups is 1. The average Bonchev–Trinajstić information content (AvgIpc) is 3.56. The number of amidine groups is 1. The number of para-hydroxylation sites is 1. The molecule has 32 heavy (non-hydrogen) atoms. The maximum atomic E-state index is 13.4. The first-order valence-electron chi connectivity index (χ1n) is 11.5. The summed E-state index contributed by atoms with van der Waals surface area (Å²) in [7, 11) is 0. The number of carbonyl (C=O) groups is 1. The van der Waals surface area contributed by atoms with E-state index in [1.165, 1.54) is 35.9 Å². The van der Waals surface area contributed by atoms with Crippen molar-refractivity contribution in [1.82, 2.24) is 4.90 Å². The molecular weight excluding hydrogens is 418 g/mol. The zero-order valence-corrected chi connectivity index (χ0v) is 19.3. The van der Waals surface area contributed by atoms with Gasteiger partial charge in [0.15, 0.2) is 5.17 Å². The van der Waals surface area contributed by atoms with E-state index in [1.807, 2.05) is 36.4 Å². The van der Waals surface area contributed by atoms with Gasteiger partial charge in [0.1, 0.15) is 0 Å². The molecule has 2 aromatic rings. The zero-order valence-electron chi connectivity index (χ0n) is 18.5. The molecule has 5 rings (SSSR count). The number of hydrogen-bond donors (Lipinski definition) is 0. The molecule has 0 radical (unpaired) electrons. The van der Waals surface area contributed by atoms with Gasteiger partial charge in [-0.15, -0.1) is 0 Å². The monoisotopic (exact) mass is 447 g/mol. The summed E-state index contributed by atoms with van der Waals surface area (Å²) < 4.78 is 5.81. The summed E-state index contributed by atoms with van der Waals surface area (Å²) >= 11 is 1.46. The summed E-state index contributed by atoms with van der Waals surface area (Å²) in [6.45, 7) is 5.72. The van der Waals surface area contributed by atoms with Crippen LogP contribution in [-0.4, -0.2) is 48.3 Å². The minimum absolute atomic E-state index is 0.0169. The Bertz CT molecular complexity index is 1040. The van der Waals surface area contributed by atoms with Crippen molar-refractivity contribution in [2.45, 2.75) is 38.7 Å². The molecule has 3 aliphatic heterocycles. The first kappa shape index (κ1) is 21.3. The molecule has 3 aliphatic rings. The smallest absolute Gasteiger partial charge is 0.266 e. The number of carbonyl (C=O) groups excluding carboxylic acids is 1. The SMILES string of the molecule is Cc1cc(N2CCCC2)ccc1/C=C1\SC(=Nc2ccccc2)N(C[C@@H]2CCCO2)C1=O. The highest BCUT2D eigenvalue weighted by Gasteiger charge is 2.36. The Morgan fingerprint density at radius 2 is 1.94 bits per heavy atom. The van der Waals surface area contributed by atoms with Crippen molar-refractivity contribution >= 4 is 40.3 Å². The van der Waals surface area contributed by atoms with Crippen LogP contribution in [0.5, 0.6) is 0 Å². The largest absolute Gasteiger partial charge is 0.376 e. The summed E-state index contributed by atoms with van der Waals surface area (Å²) in [6, 6.07) is 16.4. The van der Waals surface area contributed by atoms with Gasteiger partial charge in [-0.2, -0.15) is 0 Å². The quantitative estimate of drug-likeness (QED) is 0.578. The third kappa shape index (κ3) is 4.62. The summed E-state index contributed by atoms with van der Waals surface area (Å²) in [6.07, 6.45) is 6.67. The van der Waals surface area contributed by atoms with Gasteiger partial charge in [-0.1, -0.05) is 24.3 Å². The predicted octanol–water partition coefficient (Wildman–Crippen LogP) is 5.38. The highest BCUT2D eigenvalue weighted by atomic mass is 32.2. The van der Waals surface area contributed by atoms with E-state index in [-0.39, 0.29) is 12.0 Å². The van der Waals surface area contributed by atoms with Crippen LogP contribution in [0.15, 0.2) is 58.4 Å². The van der Waals surface area contributed by atoms with Crippen molar-refractivity contribution in [3.8, 4) is 0 Å². The Balaban J connectivity index is 1.42. The molecule has 0 aliphatic carbocycles. The third-order valence-corrected chi connectivity index (χ3v) is 7.30. The second-order valence-corrected chi connectivity index (χ2v) is 9.64. The van der Waals surface area contributed by atoms with Crippen LogP contribution in [0.25, 0.3) is 6.08 Å². The number of hydrogen-bond acceptors (Lipinski definition) is 5. The highest BCUT2D eigenvalue weighted by molar-refractivity contribution is 8.18. The normalized spacial score (nSPS) is 23.8. The van der Waals surface area contributed by atoms with Gasteiger partial charge in [0.05, 0.1) is 23.2 Å². The Morgan fingerprint density at radius 1 is 1.12 bits per heavy atom. The van der Waals surface area contributed by atoms with Crippen molar-refractivity contribution in [2.24, 2.45) is 4.99 Å². The van der Waals surface area contributed by atoms with Gasteiger partial charge in [-0.05, 0) is 85.8 Å². The van der Waals surface area contributed by atoms with Gasteiger partial charge in [-0.3, -0.25) is 9.69 Å². The van der Waals surface area contributed by atoms with Crippen molar-refractivity contribution in [1.29, 1.82) is 0 Å². The van der Waals surface area contributed by atoms with Crippen LogP contribution in [0, 0.1) is 6.92 Å². The van der Waals surface area contributed by atoms with Gasteiger partial charge in [0.25, 0.3) is 5.91 Å². The fourth-order valence-electron chi connectivity index (χ4n) is 4.49. The number of aryl methyl sites for hydroxylation is 1. The summed E-state index contributed by atoms with van der Waals surface area (Å²) in [5, 5.41) is 0.731. The van der Waals surface area contributed by atoms with Gasteiger partial charge in [0.2, 0.25) is 0 Å². The lowest BCUT2D eigenvalue weighted by atomic mass is 10.1. The lowest BCUT2D eigenvalue weighted by Crippen LogP contribution is -2.36. The molecule has 1 amide bonds. The Kier molecular flexibility index (Phi) is 6.32. The van der Waals surface area contributed by atoms with E-state index in [9.17, 15) is 4.79 Å². The van der Waals surface area contributed by atoms with Crippen molar-refractivity contribution in [3.63, 3.8) is 0 Å². The molecule has 6 heteroatoms. The number of amides is 1. The molecule has 0 saturated carbocycles. The molecule has 0 aromatic heterocycles. The zero-order chi connectivity index (χ0) is 21.9. The Morgan fingerprint density at radius 3 is 2.66 bits per heavy atom. The molecule has 3 heterocycles. The summed E-state index contributed by atoms with van der Waals surface area (Å²) in [5.74, 6) is 0.0169. The van der Waals surface area contributed by atoms with E-state index in [0.717, 1.165) is 53.9 Å². The summed E-state index contributed by atoms with van der Waals surface area (Å²) in [5.41, 5.74) is 4.41. The molecule has 0 bridgehead atoms. The van der Waals surface area contributed by atoms with Crippen LogP contribution in [0.4, 0.5) is 11.4 Å². The van der Waals surface area contributed by atoms with Gasteiger partial charge in [0, 0.05) is 25.4 Å². The average molecular weight is 448 g/mol. The predicted molar refractivity (Wildman–Crippen MR) is 132 cm³/mol. The van der Waals surface area contributed by atoms with Crippen LogP contribution in [0.1, 0.15) is 36.8 Å². The highest BCUT2D eigenvalue weighted by Crippen LogP contribution is 2.36. The number of anilines is 1. The summed E-state index contributed by atoms with van der Waals surface area (Å²) in [4.78, 5) is 23.1. The second-order valence-electron chi connectivity index (χ2n) is 8.63. The minimum atomic E-state index is 0.0169. The Labute approximate surface area is 194 Å². The van der Waals surface area contributed by atoms with Crippen LogP contribution >= 0.6 is 11.8 Å². The molecule has 5 nitrogen and oxygen atoms in total. The molecular formula is C26H29N3O2S. The molecule has 3 fully saturated rings. The van der Waals surface area contributed by atoms with Crippen LogP contribution in [0.3, 0.4) is 0 Å². The van der Waals surface area contributed by atoms with E-state index < -0.39 is 0 Å². The van der Waals surface area contributed by atoms with Crippen LogP contribution in [-0.2, 0) is 9.53 Å². The number of thioether (sulfide) groups is 1. The molecule has 0 spiro atoms. The van der Waals surface area contributed by atoms with Gasteiger partial charge < -0.3 is 9.64 Å². The fourth-order valence-corrected chi connectivity index (χ4v) is 5.49. The molecule has 3 saturated heterocycles. The topological polar surface area (TPSA) is 45.1 Å². The fraction of sp³-hybridized carbons (Fsp3) is 0.385. The molecule has 0 unspecified atom stereocenters. The number of ether oxygens (including phenoxy) is 1. The van der Waals surface area contributed by atoms with E-state index in [0.29, 0.717) is 6.54 Å². The van der Waals surface area contributed by atoms with E-state index >= 15 is 0 Å². The maximum Gasteiger partial charge on any atom is 0.266 e. The van der Waals surface area contributed by atoms with Gasteiger partial charge in [-0.25, -0.2) is 4.99 Å². The van der Waals surface area contributed by atoms with Crippen molar-refractivity contribution in [2.75, 3.05) is 31.1 Å². The first-order valence-corrected chi connectivity index (χ1v) is 12.3. The maximum absolute atomic E-state index is 13.4. The third-order valence-electron chi connectivity index (χ3n) is 6.29. The van der Waals surface area contributed by atoms with Crippen LogP contribution < -0.4 is 4.90 Å². The molecule has 2 aromatic carbocycles. The first-order chi connectivity index (χ1) is 15.7. The molecule has 166 valence electrons.